The van der Waals surface area contributed by atoms with Gasteiger partial charge >= 0.3 is 0 Å². The number of benzene rings is 1. The molecule has 2 heterocycles. The summed E-state index contributed by atoms with van der Waals surface area (Å²) in [5.74, 6) is 0.532. The normalized spacial score (nSPS) is 20.5. The minimum Gasteiger partial charge on any atom is -0.360 e. The molecule has 0 radical (unpaired) electrons. The molecule has 1 amide bonds. The second-order valence-electron chi connectivity index (χ2n) is 6.94. The molecule has 1 aliphatic heterocycles. The van der Waals surface area contributed by atoms with Gasteiger partial charge in [0.25, 0.3) is 5.91 Å². The van der Waals surface area contributed by atoms with Crippen LogP contribution in [0.2, 0.25) is 0 Å². The molecule has 1 fully saturated rings. The Kier molecular flexibility index (Phi) is 3.98. The monoisotopic (exact) mass is 313 g/mol. The highest BCUT2D eigenvalue weighted by molar-refractivity contribution is 6.00. The van der Waals surface area contributed by atoms with E-state index in [1.165, 1.54) is 0 Å². The molecule has 1 aromatic carbocycles. The van der Waals surface area contributed by atoms with Gasteiger partial charge in [-0.25, -0.2) is 0 Å². The van der Waals surface area contributed by atoms with E-state index in [1.807, 2.05) is 35.2 Å². The fraction of sp³-hybridized carbons (Fsp3) is 0.444. The van der Waals surface area contributed by atoms with Crippen LogP contribution in [-0.2, 0) is 0 Å². The van der Waals surface area contributed by atoms with Crippen LogP contribution >= 0.6 is 0 Å². The number of piperidine rings is 1. The van der Waals surface area contributed by atoms with Crippen molar-refractivity contribution in [1.82, 2.24) is 10.1 Å². The highest BCUT2D eigenvalue weighted by Crippen LogP contribution is 2.31. The highest BCUT2D eigenvalue weighted by atomic mass is 16.5. The predicted octanol–water partition coefficient (Wildman–Crippen LogP) is 2.85. The van der Waals surface area contributed by atoms with E-state index in [2.05, 4.69) is 19.0 Å². The van der Waals surface area contributed by atoms with Crippen LogP contribution in [0.3, 0.4) is 0 Å². The summed E-state index contributed by atoms with van der Waals surface area (Å²) in [6.45, 7) is 7.31. The summed E-state index contributed by atoms with van der Waals surface area (Å²) in [6, 6.07) is 9.78. The maximum Gasteiger partial charge on any atom is 0.259 e. The van der Waals surface area contributed by atoms with Crippen LogP contribution in [0.25, 0.3) is 11.3 Å². The number of amides is 1. The average molecular weight is 313 g/mol. The molecule has 0 bridgehead atoms. The first-order valence-corrected chi connectivity index (χ1v) is 7.96. The molecule has 23 heavy (non-hydrogen) atoms. The summed E-state index contributed by atoms with van der Waals surface area (Å²) in [6.07, 6.45) is 0.809. The fourth-order valence-electron chi connectivity index (χ4n) is 3.12. The van der Waals surface area contributed by atoms with Gasteiger partial charge in [-0.1, -0.05) is 49.3 Å². The molecule has 1 aliphatic rings. The van der Waals surface area contributed by atoms with Gasteiger partial charge in [0, 0.05) is 24.7 Å². The van der Waals surface area contributed by atoms with Gasteiger partial charge in [0.15, 0.2) is 0 Å². The standard InChI is InChI=1S/C18H23N3O2/c1-12-15(16(20-23-12)13-7-5-4-6-8-13)17(22)21-10-9-14(19)18(2,3)11-21/h4-8,14H,9-11,19H2,1-3H3. The fourth-order valence-corrected chi connectivity index (χ4v) is 3.12. The zero-order valence-electron chi connectivity index (χ0n) is 13.9. The van der Waals surface area contributed by atoms with Crippen LogP contribution in [0.4, 0.5) is 0 Å². The maximum atomic E-state index is 13.1. The third-order valence-corrected chi connectivity index (χ3v) is 4.72. The second-order valence-corrected chi connectivity index (χ2v) is 6.94. The lowest BCUT2D eigenvalue weighted by Crippen LogP contribution is -2.54. The first kappa shape index (κ1) is 15.7. The molecule has 0 saturated carbocycles. The van der Waals surface area contributed by atoms with Crippen molar-refractivity contribution in [3.63, 3.8) is 0 Å². The van der Waals surface area contributed by atoms with Crippen LogP contribution in [0.1, 0.15) is 36.4 Å². The summed E-state index contributed by atoms with van der Waals surface area (Å²) in [4.78, 5) is 14.9. The Hall–Kier alpha value is -2.14. The maximum absolute atomic E-state index is 13.1. The molecular formula is C18H23N3O2. The van der Waals surface area contributed by atoms with Crippen LogP contribution in [-0.4, -0.2) is 35.1 Å². The van der Waals surface area contributed by atoms with Crippen LogP contribution in [0.15, 0.2) is 34.9 Å². The Morgan fingerprint density at radius 3 is 2.70 bits per heavy atom. The second kappa shape index (κ2) is 5.81. The topological polar surface area (TPSA) is 72.4 Å². The van der Waals surface area contributed by atoms with Crippen molar-refractivity contribution in [2.24, 2.45) is 11.1 Å². The summed E-state index contributed by atoms with van der Waals surface area (Å²) >= 11 is 0. The molecule has 1 unspecified atom stereocenters. The summed E-state index contributed by atoms with van der Waals surface area (Å²) in [5, 5.41) is 4.11. The molecule has 2 N–H and O–H groups in total. The van der Waals surface area contributed by atoms with Crippen molar-refractivity contribution in [1.29, 1.82) is 0 Å². The minimum absolute atomic E-state index is 0.0254. The van der Waals surface area contributed by atoms with Crippen LogP contribution in [0, 0.1) is 12.3 Å². The van der Waals surface area contributed by atoms with E-state index in [9.17, 15) is 4.79 Å². The Bertz CT molecular complexity index is 706. The van der Waals surface area contributed by atoms with Crippen molar-refractivity contribution in [2.45, 2.75) is 33.2 Å². The lowest BCUT2D eigenvalue weighted by Gasteiger charge is -2.42. The van der Waals surface area contributed by atoms with Crippen LogP contribution < -0.4 is 5.73 Å². The minimum atomic E-state index is -0.0914. The highest BCUT2D eigenvalue weighted by Gasteiger charge is 2.37. The Morgan fingerprint density at radius 2 is 2.04 bits per heavy atom. The van der Waals surface area contributed by atoms with Gasteiger partial charge in [0.05, 0.1) is 0 Å². The van der Waals surface area contributed by atoms with Crippen molar-refractivity contribution in [2.75, 3.05) is 13.1 Å². The zero-order valence-corrected chi connectivity index (χ0v) is 13.9. The Morgan fingerprint density at radius 1 is 1.35 bits per heavy atom. The van der Waals surface area contributed by atoms with Gasteiger partial charge in [0.1, 0.15) is 17.0 Å². The molecule has 0 aliphatic carbocycles. The number of carbonyl (C=O) groups excluding carboxylic acids is 1. The number of rotatable bonds is 2. The number of nitrogens with zero attached hydrogens (tertiary/aromatic N) is 2. The molecule has 2 aromatic rings. The van der Waals surface area contributed by atoms with Crippen molar-refractivity contribution in [3.8, 4) is 11.3 Å². The first-order valence-electron chi connectivity index (χ1n) is 7.96. The van der Waals surface area contributed by atoms with Gasteiger partial charge in [-0.3, -0.25) is 4.79 Å². The number of hydrogen-bond donors (Lipinski definition) is 1. The quantitative estimate of drug-likeness (QED) is 0.925. The van der Waals surface area contributed by atoms with E-state index in [1.54, 1.807) is 6.92 Å². The number of nitrogens with two attached hydrogens (primary N) is 1. The third kappa shape index (κ3) is 2.88. The van der Waals surface area contributed by atoms with Gasteiger partial charge in [-0.05, 0) is 18.8 Å². The molecule has 122 valence electrons. The van der Waals surface area contributed by atoms with Crippen LogP contribution in [0.5, 0.6) is 0 Å². The van der Waals surface area contributed by atoms with Crippen molar-refractivity contribution < 1.29 is 9.32 Å². The van der Waals surface area contributed by atoms with E-state index in [0.29, 0.717) is 30.1 Å². The van der Waals surface area contributed by atoms with E-state index in [0.717, 1.165) is 12.0 Å². The lowest BCUT2D eigenvalue weighted by molar-refractivity contribution is 0.0532. The number of aryl methyl sites for hydroxylation is 1. The van der Waals surface area contributed by atoms with Crippen molar-refractivity contribution >= 4 is 5.91 Å². The molecule has 0 spiro atoms. The molecular weight excluding hydrogens is 290 g/mol. The number of hydrogen-bond acceptors (Lipinski definition) is 4. The largest absolute Gasteiger partial charge is 0.360 e. The molecule has 1 aromatic heterocycles. The first-order chi connectivity index (χ1) is 10.9. The SMILES string of the molecule is Cc1onc(-c2ccccc2)c1C(=O)N1CCC(N)C(C)(C)C1. The van der Waals surface area contributed by atoms with E-state index in [-0.39, 0.29) is 17.4 Å². The summed E-state index contributed by atoms with van der Waals surface area (Å²) in [7, 11) is 0. The number of carbonyl (C=O) groups is 1. The number of aromatic nitrogens is 1. The van der Waals surface area contributed by atoms with Gasteiger partial charge in [-0.2, -0.15) is 0 Å². The molecule has 1 atom stereocenters. The Balaban J connectivity index is 1.93. The van der Waals surface area contributed by atoms with E-state index in [4.69, 9.17) is 10.3 Å². The Labute approximate surface area is 136 Å². The van der Waals surface area contributed by atoms with Gasteiger partial charge < -0.3 is 15.2 Å². The smallest absolute Gasteiger partial charge is 0.259 e. The molecule has 5 heteroatoms. The lowest BCUT2D eigenvalue weighted by atomic mass is 9.79. The van der Waals surface area contributed by atoms with E-state index >= 15 is 0 Å². The summed E-state index contributed by atoms with van der Waals surface area (Å²) in [5.41, 5.74) is 8.14. The zero-order chi connectivity index (χ0) is 16.6. The summed E-state index contributed by atoms with van der Waals surface area (Å²) < 4.78 is 5.31. The third-order valence-electron chi connectivity index (χ3n) is 4.72. The van der Waals surface area contributed by atoms with Crippen molar-refractivity contribution in [3.05, 3.63) is 41.7 Å². The predicted molar refractivity (Wildman–Crippen MR) is 89.0 cm³/mol. The number of likely N-dealkylation sites (tertiary alicyclic amines) is 1. The van der Waals surface area contributed by atoms with E-state index < -0.39 is 0 Å². The average Bonchev–Trinajstić information content (AvgIpc) is 2.92. The van der Waals surface area contributed by atoms with Gasteiger partial charge in [0.2, 0.25) is 0 Å². The van der Waals surface area contributed by atoms with Gasteiger partial charge in [-0.15, -0.1) is 0 Å². The molecule has 5 nitrogen and oxygen atoms in total. The molecule has 1 saturated heterocycles. The molecule has 3 rings (SSSR count).